The highest BCUT2D eigenvalue weighted by Gasteiger charge is 2.30. The Morgan fingerprint density at radius 1 is 0.974 bits per heavy atom. The maximum Gasteiger partial charge on any atom is 0.275 e. The number of aromatic nitrogens is 3. The first kappa shape index (κ1) is 25.8. The van der Waals surface area contributed by atoms with Gasteiger partial charge in [-0.2, -0.15) is 5.10 Å². The van der Waals surface area contributed by atoms with Gasteiger partial charge in [0, 0.05) is 44.1 Å². The molecule has 0 unspecified atom stereocenters. The van der Waals surface area contributed by atoms with E-state index in [0.29, 0.717) is 33.0 Å². The maximum atomic E-state index is 13.9. The number of aryl methyl sites for hydroxylation is 2. The molecule has 9 heteroatoms. The Bertz CT molecular complexity index is 1700. The lowest BCUT2D eigenvalue weighted by molar-refractivity contribution is 0.102. The fourth-order valence-electron chi connectivity index (χ4n) is 5.30. The molecule has 198 valence electrons. The summed E-state index contributed by atoms with van der Waals surface area (Å²) >= 11 is 18.8. The van der Waals surface area contributed by atoms with E-state index in [-0.39, 0.29) is 5.91 Å². The van der Waals surface area contributed by atoms with Crippen molar-refractivity contribution in [2.45, 2.75) is 39.3 Å². The fraction of sp³-hybridized carbons (Fsp3) is 0.200. The zero-order valence-electron chi connectivity index (χ0n) is 21.3. The quantitative estimate of drug-likeness (QED) is 0.213. The van der Waals surface area contributed by atoms with Crippen LogP contribution in [0.2, 0.25) is 15.1 Å². The predicted octanol–water partition coefficient (Wildman–Crippen LogP) is 8.27. The van der Waals surface area contributed by atoms with Crippen LogP contribution in [0.4, 0.5) is 11.4 Å². The summed E-state index contributed by atoms with van der Waals surface area (Å²) in [5.41, 5.74) is 6.93. The molecule has 0 atom stereocenters. The van der Waals surface area contributed by atoms with E-state index in [9.17, 15) is 4.79 Å². The molecule has 3 heterocycles. The number of rotatable bonds is 6. The van der Waals surface area contributed by atoms with Gasteiger partial charge in [0.05, 0.1) is 6.54 Å². The second-order valence-corrected chi connectivity index (χ2v) is 11.0. The third-order valence-electron chi connectivity index (χ3n) is 7.20. The summed E-state index contributed by atoms with van der Waals surface area (Å²) in [5.74, 6) is 0.603. The third-order valence-corrected chi connectivity index (χ3v) is 8.09. The van der Waals surface area contributed by atoms with Crippen LogP contribution < -0.4 is 10.6 Å². The van der Waals surface area contributed by atoms with Crippen molar-refractivity contribution in [2.24, 2.45) is 0 Å². The van der Waals surface area contributed by atoms with Gasteiger partial charge in [-0.3, -0.25) is 4.79 Å². The van der Waals surface area contributed by atoms with Crippen molar-refractivity contribution in [3.63, 3.8) is 0 Å². The van der Waals surface area contributed by atoms with Crippen LogP contribution in [0, 0.1) is 6.92 Å². The van der Waals surface area contributed by atoms with Crippen molar-refractivity contribution in [1.29, 1.82) is 0 Å². The van der Waals surface area contributed by atoms with E-state index in [1.165, 1.54) is 0 Å². The molecule has 2 N–H and O–H groups in total. The van der Waals surface area contributed by atoms with Crippen LogP contribution in [-0.4, -0.2) is 20.1 Å². The highest BCUT2D eigenvalue weighted by Crippen LogP contribution is 2.38. The van der Waals surface area contributed by atoms with Crippen molar-refractivity contribution in [3.05, 3.63) is 104 Å². The molecule has 0 fully saturated rings. The summed E-state index contributed by atoms with van der Waals surface area (Å²) in [6.45, 7) is 3.31. The first-order chi connectivity index (χ1) is 18.9. The first-order valence-corrected chi connectivity index (χ1v) is 14.0. The van der Waals surface area contributed by atoms with Gasteiger partial charge in [0.25, 0.3) is 5.91 Å². The van der Waals surface area contributed by atoms with Gasteiger partial charge in [0.1, 0.15) is 11.3 Å². The van der Waals surface area contributed by atoms with Crippen molar-refractivity contribution in [3.8, 4) is 11.1 Å². The molecule has 6 nitrogen and oxygen atoms in total. The standard InChI is InChI=1S/C30H26Cl3N5O/c1-18-24(33)9-5-10-25(18)34-17-26-36-38-28(29(39)35-22-7-4-6-21(32)16-22)27(19-11-13-20(31)14-12-19)23-8-2-3-15-37(26)30(23)38/h4-7,9-14,16,34H,2-3,8,15,17H2,1H3,(H,35,39). The zero-order valence-corrected chi connectivity index (χ0v) is 23.5. The summed E-state index contributed by atoms with van der Waals surface area (Å²) < 4.78 is 4.05. The smallest absolute Gasteiger partial charge is 0.275 e. The number of nitrogens with one attached hydrogen (secondary N) is 2. The topological polar surface area (TPSA) is 63.4 Å². The van der Waals surface area contributed by atoms with Gasteiger partial charge in [-0.05, 0) is 79.8 Å². The summed E-state index contributed by atoms with van der Waals surface area (Å²) in [5, 5.41) is 13.4. The van der Waals surface area contributed by atoms with E-state index in [2.05, 4.69) is 15.2 Å². The van der Waals surface area contributed by atoms with Crippen LogP contribution in [0.5, 0.6) is 0 Å². The molecule has 0 saturated carbocycles. The van der Waals surface area contributed by atoms with Crippen LogP contribution in [0.25, 0.3) is 16.8 Å². The first-order valence-electron chi connectivity index (χ1n) is 12.9. The molecule has 0 radical (unpaired) electrons. The van der Waals surface area contributed by atoms with Crippen LogP contribution in [0.15, 0.2) is 66.7 Å². The highest BCUT2D eigenvalue weighted by molar-refractivity contribution is 6.32. The molecule has 6 rings (SSSR count). The molecule has 0 aliphatic carbocycles. The number of hydrogen-bond donors (Lipinski definition) is 2. The van der Waals surface area contributed by atoms with E-state index in [0.717, 1.165) is 65.2 Å². The minimum absolute atomic E-state index is 0.251. The SMILES string of the molecule is Cc1c(Cl)cccc1NCc1nn2c(C(=O)Nc3cccc(Cl)c3)c(-c3ccc(Cl)cc3)c3c2n1CCCC3. The van der Waals surface area contributed by atoms with Crippen LogP contribution >= 0.6 is 34.8 Å². The molecule has 5 aromatic rings. The van der Waals surface area contributed by atoms with Gasteiger partial charge >= 0.3 is 0 Å². The number of carbonyl (C=O) groups is 1. The summed E-state index contributed by atoms with van der Waals surface area (Å²) in [6, 6.07) is 20.6. The lowest BCUT2D eigenvalue weighted by atomic mass is 9.98. The Hall–Kier alpha value is -3.45. The maximum absolute atomic E-state index is 13.9. The second-order valence-electron chi connectivity index (χ2n) is 9.70. The molecule has 2 aromatic heterocycles. The number of nitrogens with zero attached hydrogens (tertiary/aromatic N) is 3. The Morgan fingerprint density at radius 2 is 1.77 bits per heavy atom. The monoisotopic (exact) mass is 577 g/mol. The van der Waals surface area contributed by atoms with Crippen molar-refractivity contribution in [2.75, 3.05) is 10.6 Å². The van der Waals surface area contributed by atoms with E-state index in [1.807, 2.05) is 66.0 Å². The second kappa shape index (κ2) is 10.6. The number of benzene rings is 3. The molecule has 0 saturated heterocycles. The van der Waals surface area contributed by atoms with Gasteiger partial charge in [0.15, 0.2) is 5.82 Å². The van der Waals surface area contributed by atoms with E-state index >= 15 is 0 Å². The zero-order chi connectivity index (χ0) is 27.1. The van der Waals surface area contributed by atoms with E-state index in [4.69, 9.17) is 39.9 Å². The largest absolute Gasteiger partial charge is 0.377 e. The van der Waals surface area contributed by atoms with Gasteiger partial charge in [-0.25, -0.2) is 4.52 Å². The molecule has 0 spiro atoms. The average Bonchev–Trinajstić information content (AvgIpc) is 3.31. The number of carbonyl (C=O) groups excluding carboxylic acids is 1. The van der Waals surface area contributed by atoms with Crippen LogP contribution in [0.3, 0.4) is 0 Å². The minimum atomic E-state index is -0.251. The summed E-state index contributed by atoms with van der Waals surface area (Å²) in [7, 11) is 0. The third kappa shape index (κ3) is 4.89. The van der Waals surface area contributed by atoms with Gasteiger partial charge in [0.2, 0.25) is 0 Å². The average molecular weight is 579 g/mol. The Balaban J connectivity index is 1.49. The van der Waals surface area contributed by atoms with E-state index in [1.54, 1.807) is 12.1 Å². The Kier molecular flexibility index (Phi) is 7.02. The number of halogens is 3. The Morgan fingerprint density at radius 3 is 2.56 bits per heavy atom. The molecule has 0 bridgehead atoms. The molecule has 3 aromatic carbocycles. The summed E-state index contributed by atoms with van der Waals surface area (Å²) in [4.78, 5) is 13.9. The molecule has 1 amide bonds. The molecule has 1 aliphatic heterocycles. The molecular weight excluding hydrogens is 553 g/mol. The van der Waals surface area contributed by atoms with Gasteiger partial charge in [-0.1, -0.05) is 59.1 Å². The number of anilines is 2. The van der Waals surface area contributed by atoms with Crippen molar-refractivity contribution in [1.82, 2.24) is 14.2 Å². The van der Waals surface area contributed by atoms with Crippen LogP contribution in [-0.2, 0) is 19.5 Å². The van der Waals surface area contributed by atoms with Crippen molar-refractivity contribution < 1.29 is 4.79 Å². The normalized spacial score (nSPS) is 12.9. The molecule has 1 aliphatic rings. The fourth-order valence-corrected chi connectivity index (χ4v) is 5.79. The van der Waals surface area contributed by atoms with Crippen LogP contribution in [0.1, 0.15) is 40.3 Å². The minimum Gasteiger partial charge on any atom is -0.377 e. The van der Waals surface area contributed by atoms with E-state index < -0.39 is 0 Å². The lowest BCUT2D eigenvalue weighted by Crippen LogP contribution is -2.16. The molecular formula is C30H26Cl3N5O. The highest BCUT2D eigenvalue weighted by atomic mass is 35.5. The molecule has 39 heavy (non-hydrogen) atoms. The Labute approximate surface area is 241 Å². The number of hydrogen-bond acceptors (Lipinski definition) is 3. The lowest BCUT2D eigenvalue weighted by Gasteiger charge is -2.12. The van der Waals surface area contributed by atoms with Gasteiger partial charge in [-0.15, -0.1) is 0 Å². The number of amides is 1. The van der Waals surface area contributed by atoms with Crippen molar-refractivity contribution >= 4 is 57.7 Å². The predicted molar refractivity (Wildman–Crippen MR) is 159 cm³/mol. The van der Waals surface area contributed by atoms with Gasteiger partial charge < -0.3 is 15.2 Å². The summed E-state index contributed by atoms with van der Waals surface area (Å²) in [6.07, 6.45) is 2.88.